The van der Waals surface area contributed by atoms with Crippen LogP contribution >= 0.6 is 0 Å². The Morgan fingerprint density at radius 3 is 2.27 bits per heavy atom. The third-order valence-corrected chi connectivity index (χ3v) is 7.83. The molecule has 1 aliphatic heterocycles. The van der Waals surface area contributed by atoms with E-state index in [9.17, 15) is 8.78 Å². The van der Waals surface area contributed by atoms with Crippen molar-refractivity contribution in [3.63, 3.8) is 0 Å². The van der Waals surface area contributed by atoms with Crippen LogP contribution in [0.1, 0.15) is 82.8 Å². The summed E-state index contributed by atoms with van der Waals surface area (Å²) in [6.07, 6.45) is 12.1. The molecule has 0 radical (unpaired) electrons. The first-order valence-corrected chi connectivity index (χ1v) is 14.7. The van der Waals surface area contributed by atoms with Crippen molar-refractivity contribution in [2.75, 3.05) is 13.2 Å². The molecule has 1 saturated heterocycles. The van der Waals surface area contributed by atoms with E-state index in [0.29, 0.717) is 30.3 Å². The molecular formula is C35H41F3O2. The van der Waals surface area contributed by atoms with E-state index >= 15 is 4.39 Å². The number of hydrogen-bond acceptors (Lipinski definition) is 2. The Kier molecular flexibility index (Phi) is 11.3. The maximum Gasteiger partial charge on any atom is 0.201 e. The minimum absolute atomic E-state index is 0.0591. The standard InChI is InChI=1S/C35H41F3O2/c1-3-5-7-8-9-10-22-39-33-21-19-29(34(37)35(33)38)27-15-13-26(14-16-27)28-17-18-30(31(36)23-28)32-20-12-25(24-40-32)11-6-4-2/h4,13-19,21,23,25,32H,2-3,5-12,20,22,24H2,1H3. The molecule has 1 fully saturated rings. The number of ether oxygens (including phenoxy) is 2. The molecular weight excluding hydrogens is 509 g/mol. The Morgan fingerprint density at radius 2 is 1.57 bits per heavy atom. The van der Waals surface area contributed by atoms with Crippen LogP contribution in [0.15, 0.2) is 67.3 Å². The first-order chi connectivity index (χ1) is 19.5. The molecule has 4 rings (SSSR count). The molecule has 40 heavy (non-hydrogen) atoms. The number of halogens is 3. The zero-order chi connectivity index (χ0) is 28.3. The highest BCUT2D eigenvalue weighted by Gasteiger charge is 2.25. The summed E-state index contributed by atoms with van der Waals surface area (Å²) < 4.78 is 56.2. The monoisotopic (exact) mass is 550 g/mol. The third-order valence-electron chi connectivity index (χ3n) is 7.83. The zero-order valence-corrected chi connectivity index (χ0v) is 23.6. The van der Waals surface area contributed by atoms with Crippen LogP contribution in [0.25, 0.3) is 22.3 Å². The van der Waals surface area contributed by atoms with Crippen LogP contribution in [0.2, 0.25) is 0 Å². The molecule has 5 heteroatoms. The second kappa shape index (κ2) is 15.1. The van der Waals surface area contributed by atoms with Crippen LogP contribution < -0.4 is 4.74 Å². The van der Waals surface area contributed by atoms with Gasteiger partial charge in [0.25, 0.3) is 0 Å². The van der Waals surface area contributed by atoms with Crippen LogP contribution in [-0.2, 0) is 4.74 Å². The fraction of sp³-hybridized carbons (Fsp3) is 0.429. The second-order valence-electron chi connectivity index (χ2n) is 10.8. The van der Waals surface area contributed by atoms with Gasteiger partial charge in [-0.05, 0) is 72.9 Å². The summed E-state index contributed by atoms with van der Waals surface area (Å²) in [5.41, 5.74) is 2.80. The van der Waals surface area contributed by atoms with Crippen LogP contribution in [0, 0.1) is 23.4 Å². The van der Waals surface area contributed by atoms with Gasteiger partial charge in [0.15, 0.2) is 11.6 Å². The van der Waals surface area contributed by atoms with E-state index in [4.69, 9.17) is 9.47 Å². The number of rotatable bonds is 14. The first kappa shape index (κ1) is 29.9. The normalized spacial score (nSPS) is 17.1. The van der Waals surface area contributed by atoms with Gasteiger partial charge in [0.05, 0.1) is 19.3 Å². The molecule has 0 saturated carbocycles. The lowest BCUT2D eigenvalue weighted by Gasteiger charge is -2.29. The molecule has 0 aromatic heterocycles. The van der Waals surface area contributed by atoms with Crippen molar-refractivity contribution in [3.8, 4) is 28.0 Å². The van der Waals surface area contributed by atoms with Gasteiger partial charge in [-0.2, -0.15) is 4.39 Å². The molecule has 0 N–H and O–H groups in total. The maximum atomic E-state index is 15.1. The number of benzene rings is 3. The van der Waals surface area contributed by atoms with Gasteiger partial charge in [0.2, 0.25) is 5.82 Å². The molecule has 0 bridgehead atoms. The molecule has 3 aromatic carbocycles. The Bertz CT molecular complexity index is 1230. The van der Waals surface area contributed by atoms with E-state index in [-0.39, 0.29) is 23.2 Å². The van der Waals surface area contributed by atoms with Gasteiger partial charge in [0.1, 0.15) is 5.82 Å². The average molecular weight is 551 g/mol. The largest absolute Gasteiger partial charge is 0.490 e. The van der Waals surface area contributed by atoms with Crippen molar-refractivity contribution < 1.29 is 22.6 Å². The average Bonchev–Trinajstić information content (AvgIpc) is 2.98. The highest BCUT2D eigenvalue weighted by Crippen LogP contribution is 2.36. The van der Waals surface area contributed by atoms with Gasteiger partial charge in [0, 0.05) is 11.1 Å². The van der Waals surface area contributed by atoms with Crippen LogP contribution in [-0.4, -0.2) is 13.2 Å². The summed E-state index contributed by atoms with van der Waals surface area (Å²) in [6, 6.07) is 15.3. The second-order valence-corrected chi connectivity index (χ2v) is 10.8. The Hall–Kier alpha value is -3.05. The van der Waals surface area contributed by atoms with E-state index in [1.807, 2.05) is 12.1 Å². The van der Waals surface area contributed by atoms with Crippen LogP contribution in [0.5, 0.6) is 5.75 Å². The molecule has 0 spiro atoms. The van der Waals surface area contributed by atoms with E-state index in [1.165, 1.54) is 31.4 Å². The number of allylic oxidation sites excluding steroid dienone is 1. The topological polar surface area (TPSA) is 18.5 Å². The Morgan fingerprint density at radius 1 is 0.850 bits per heavy atom. The van der Waals surface area contributed by atoms with Gasteiger partial charge in [-0.1, -0.05) is 81.5 Å². The summed E-state index contributed by atoms with van der Waals surface area (Å²) in [4.78, 5) is 0. The van der Waals surface area contributed by atoms with Gasteiger partial charge in [-0.3, -0.25) is 0 Å². The van der Waals surface area contributed by atoms with Crippen molar-refractivity contribution in [1.82, 2.24) is 0 Å². The molecule has 2 unspecified atom stereocenters. The minimum atomic E-state index is -0.970. The lowest BCUT2D eigenvalue weighted by molar-refractivity contribution is -0.0207. The molecule has 0 aliphatic carbocycles. The molecule has 2 nitrogen and oxygen atoms in total. The number of unbranched alkanes of at least 4 members (excludes halogenated alkanes) is 5. The lowest BCUT2D eigenvalue weighted by Crippen LogP contribution is -2.21. The summed E-state index contributed by atoms with van der Waals surface area (Å²) in [5.74, 6) is -1.75. The van der Waals surface area contributed by atoms with Gasteiger partial charge >= 0.3 is 0 Å². The van der Waals surface area contributed by atoms with E-state index in [2.05, 4.69) is 13.5 Å². The van der Waals surface area contributed by atoms with Gasteiger partial charge < -0.3 is 9.47 Å². The summed E-state index contributed by atoms with van der Waals surface area (Å²) >= 11 is 0. The highest BCUT2D eigenvalue weighted by atomic mass is 19.2. The summed E-state index contributed by atoms with van der Waals surface area (Å²) in [7, 11) is 0. The predicted octanol–water partition coefficient (Wildman–Crippen LogP) is 10.6. The third kappa shape index (κ3) is 7.78. The fourth-order valence-electron chi connectivity index (χ4n) is 5.37. The van der Waals surface area contributed by atoms with Crippen molar-refractivity contribution >= 4 is 0 Å². The summed E-state index contributed by atoms with van der Waals surface area (Å²) in [6.45, 7) is 6.96. The fourth-order valence-corrected chi connectivity index (χ4v) is 5.37. The first-order valence-electron chi connectivity index (χ1n) is 14.7. The minimum Gasteiger partial charge on any atom is -0.490 e. The van der Waals surface area contributed by atoms with Crippen molar-refractivity contribution in [2.45, 2.75) is 77.2 Å². The van der Waals surface area contributed by atoms with Crippen molar-refractivity contribution in [1.29, 1.82) is 0 Å². The highest BCUT2D eigenvalue weighted by molar-refractivity contribution is 5.71. The Labute approximate surface area is 237 Å². The molecule has 2 atom stereocenters. The molecule has 0 amide bonds. The summed E-state index contributed by atoms with van der Waals surface area (Å²) in [5, 5.41) is 0. The molecule has 3 aromatic rings. The van der Waals surface area contributed by atoms with Crippen LogP contribution in [0.4, 0.5) is 13.2 Å². The predicted molar refractivity (Wildman–Crippen MR) is 157 cm³/mol. The lowest BCUT2D eigenvalue weighted by atomic mass is 9.90. The zero-order valence-electron chi connectivity index (χ0n) is 23.6. The van der Waals surface area contributed by atoms with E-state index < -0.39 is 11.6 Å². The molecule has 1 heterocycles. The van der Waals surface area contributed by atoms with E-state index in [1.54, 1.807) is 36.4 Å². The van der Waals surface area contributed by atoms with Gasteiger partial charge in [-0.25, -0.2) is 8.78 Å². The van der Waals surface area contributed by atoms with Crippen molar-refractivity contribution in [3.05, 3.63) is 90.3 Å². The Balaban J connectivity index is 1.36. The number of hydrogen-bond donors (Lipinski definition) is 0. The van der Waals surface area contributed by atoms with Crippen molar-refractivity contribution in [2.24, 2.45) is 5.92 Å². The van der Waals surface area contributed by atoms with Crippen LogP contribution in [0.3, 0.4) is 0 Å². The molecule has 1 aliphatic rings. The van der Waals surface area contributed by atoms with Gasteiger partial charge in [-0.15, -0.1) is 6.58 Å². The molecule has 214 valence electrons. The maximum absolute atomic E-state index is 15.1. The quantitative estimate of drug-likeness (QED) is 0.147. The van der Waals surface area contributed by atoms with E-state index in [0.717, 1.165) is 56.1 Å². The SMILES string of the molecule is C=CCCC1CCC(c2ccc(-c3ccc(-c4ccc(OCCCCCCCC)c(F)c4F)cc3)cc2F)OC1. The smallest absolute Gasteiger partial charge is 0.201 e.